The molecule has 0 radical (unpaired) electrons. The van der Waals surface area contributed by atoms with Gasteiger partial charge < -0.3 is 0 Å². The summed E-state index contributed by atoms with van der Waals surface area (Å²) >= 11 is 13.6. The summed E-state index contributed by atoms with van der Waals surface area (Å²) in [6, 6.07) is 14.1. The highest BCUT2D eigenvalue weighted by Gasteiger charge is 2.32. The number of rotatable bonds is 5. The number of amidine groups is 1. The largest absolute Gasteiger partial charge is 0.302 e. The van der Waals surface area contributed by atoms with Crippen LogP contribution in [0.3, 0.4) is 0 Å². The lowest BCUT2D eigenvalue weighted by Gasteiger charge is -2.17. The standard InChI is InChI=1S/C21H15Cl2N5O3S/c1-27-11-19(31-26-27)25-18(29)12-32-21-24-17(10-14-15(22)8-5-9-16(14)23)20(30)28(21)13-6-3-2-4-7-13/h2-11H,12H2,1H3/p+1/b17-10-. The van der Waals surface area contributed by atoms with Crippen molar-refractivity contribution in [2.24, 2.45) is 12.0 Å². The zero-order valence-corrected chi connectivity index (χ0v) is 19.0. The van der Waals surface area contributed by atoms with E-state index >= 15 is 0 Å². The molecule has 11 heteroatoms. The van der Waals surface area contributed by atoms with Crippen LogP contribution in [-0.4, -0.2) is 28.0 Å². The molecule has 0 fully saturated rings. The Morgan fingerprint density at radius 2 is 1.91 bits per heavy atom. The Kier molecular flexibility index (Phi) is 6.59. The number of hydrogen-bond acceptors (Lipinski definition) is 6. The molecule has 1 aliphatic rings. The van der Waals surface area contributed by atoms with Gasteiger partial charge in [0.25, 0.3) is 12.1 Å². The van der Waals surface area contributed by atoms with Gasteiger partial charge in [0.05, 0.1) is 11.4 Å². The maximum absolute atomic E-state index is 13.2. The number of amides is 2. The van der Waals surface area contributed by atoms with Crippen LogP contribution in [-0.2, 0) is 16.6 Å². The molecule has 2 amide bonds. The van der Waals surface area contributed by atoms with E-state index in [1.807, 2.05) is 18.2 Å². The molecule has 1 aliphatic heterocycles. The molecule has 1 N–H and O–H groups in total. The highest BCUT2D eigenvalue weighted by molar-refractivity contribution is 8.14. The average Bonchev–Trinajstić information content (AvgIpc) is 3.32. The van der Waals surface area contributed by atoms with Gasteiger partial charge in [0, 0.05) is 15.6 Å². The van der Waals surface area contributed by atoms with Crippen LogP contribution in [0.4, 0.5) is 11.6 Å². The Labute approximate surface area is 197 Å². The van der Waals surface area contributed by atoms with Gasteiger partial charge in [-0.05, 0) is 30.3 Å². The second-order valence-corrected chi connectivity index (χ2v) is 8.37. The maximum atomic E-state index is 13.2. The molecule has 1 aromatic heterocycles. The van der Waals surface area contributed by atoms with E-state index in [9.17, 15) is 9.59 Å². The summed E-state index contributed by atoms with van der Waals surface area (Å²) in [4.78, 5) is 31.4. The Morgan fingerprint density at radius 3 is 2.56 bits per heavy atom. The summed E-state index contributed by atoms with van der Waals surface area (Å²) in [7, 11) is 1.67. The summed E-state index contributed by atoms with van der Waals surface area (Å²) in [5.74, 6) is -0.463. The first-order chi connectivity index (χ1) is 15.4. The van der Waals surface area contributed by atoms with Crippen molar-refractivity contribution in [3.05, 3.63) is 76.0 Å². The minimum Gasteiger partial charge on any atom is -0.288 e. The number of nitrogens with zero attached hydrogens (tertiary/aromatic N) is 4. The number of aryl methyl sites for hydroxylation is 1. The van der Waals surface area contributed by atoms with Gasteiger partial charge in [-0.2, -0.15) is 0 Å². The van der Waals surface area contributed by atoms with Crippen LogP contribution in [0.2, 0.25) is 10.0 Å². The molecular weight excluding hydrogens is 473 g/mol. The lowest BCUT2D eigenvalue weighted by Crippen LogP contribution is -2.31. The third-order valence-electron chi connectivity index (χ3n) is 4.29. The Balaban J connectivity index is 1.60. The maximum Gasteiger partial charge on any atom is 0.302 e. The molecule has 0 saturated carbocycles. The van der Waals surface area contributed by atoms with Crippen molar-refractivity contribution in [3.63, 3.8) is 0 Å². The number of aliphatic imine (C=N–C) groups is 1. The Hall–Kier alpha value is -3.14. The van der Waals surface area contributed by atoms with Gasteiger partial charge in [-0.3, -0.25) is 24.3 Å². The number of carbonyl (C=O) groups is 2. The first kappa shape index (κ1) is 22.1. The van der Waals surface area contributed by atoms with Crippen LogP contribution in [0, 0.1) is 0 Å². The minimum atomic E-state index is -0.350. The molecule has 0 saturated heterocycles. The predicted octanol–water partition coefficient (Wildman–Crippen LogP) is 3.92. The quantitative estimate of drug-likeness (QED) is 0.433. The third kappa shape index (κ3) is 4.85. The molecule has 4 rings (SSSR count). The highest BCUT2D eigenvalue weighted by atomic mass is 35.5. The first-order valence-corrected chi connectivity index (χ1v) is 11.1. The number of nitrogens with one attached hydrogen (secondary N) is 1. The monoisotopic (exact) mass is 488 g/mol. The van der Waals surface area contributed by atoms with E-state index in [0.29, 0.717) is 26.5 Å². The van der Waals surface area contributed by atoms with Gasteiger partial charge in [0.15, 0.2) is 17.5 Å². The zero-order chi connectivity index (χ0) is 22.7. The number of para-hydroxylation sites is 1. The van der Waals surface area contributed by atoms with Gasteiger partial charge in [-0.25, -0.2) is 4.99 Å². The van der Waals surface area contributed by atoms with E-state index in [0.717, 1.165) is 11.8 Å². The van der Waals surface area contributed by atoms with E-state index in [1.54, 1.807) is 43.5 Å². The molecular formula is C21H16Cl2N5O3S+. The van der Waals surface area contributed by atoms with E-state index < -0.39 is 0 Å². The van der Waals surface area contributed by atoms with Crippen molar-refractivity contribution in [2.75, 3.05) is 16.0 Å². The second-order valence-electron chi connectivity index (χ2n) is 6.61. The van der Waals surface area contributed by atoms with Crippen LogP contribution in [0.25, 0.3) is 6.08 Å². The van der Waals surface area contributed by atoms with Gasteiger partial charge in [-0.15, -0.1) is 0 Å². The van der Waals surface area contributed by atoms with Gasteiger partial charge in [-0.1, -0.05) is 63.9 Å². The summed E-state index contributed by atoms with van der Waals surface area (Å²) in [5, 5.41) is 7.41. The third-order valence-corrected chi connectivity index (χ3v) is 5.89. The van der Waals surface area contributed by atoms with Gasteiger partial charge in [0.2, 0.25) is 5.91 Å². The highest BCUT2D eigenvalue weighted by Crippen LogP contribution is 2.32. The number of hydrogen-bond donors (Lipinski definition) is 1. The zero-order valence-electron chi connectivity index (χ0n) is 16.7. The number of thioether (sulfide) groups is 1. The fraction of sp³-hybridized carbons (Fsp3) is 0.0952. The number of carbonyl (C=O) groups excluding carboxylic acids is 2. The molecule has 2 aromatic carbocycles. The summed E-state index contributed by atoms with van der Waals surface area (Å²) < 4.78 is 6.39. The molecule has 32 heavy (non-hydrogen) atoms. The van der Waals surface area contributed by atoms with Crippen molar-refractivity contribution in [1.82, 2.24) is 5.27 Å². The summed E-state index contributed by atoms with van der Waals surface area (Å²) in [6.07, 6.45) is 3.08. The van der Waals surface area contributed by atoms with Crippen LogP contribution < -0.4 is 14.9 Å². The number of aromatic nitrogens is 2. The average molecular weight is 489 g/mol. The molecule has 0 bridgehead atoms. The molecule has 3 aromatic rings. The normalized spacial score (nSPS) is 14.7. The van der Waals surface area contributed by atoms with Gasteiger partial charge >= 0.3 is 5.88 Å². The van der Waals surface area contributed by atoms with Crippen molar-refractivity contribution in [1.29, 1.82) is 0 Å². The van der Waals surface area contributed by atoms with Crippen LogP contribution >= 0.6 is 35.0 Å². The smallest absolute Gasteiger partial charge is 0.288 e. The molecule has 0 aliphatic carbocycles. The fourth-order valence-electron chi connectivity index (χ4n) is 2.87. The number of anilines is 2. The molecule has 0 unspecified atom stereocenters. The fourth-order valence-corrected chi connectivity index (χ4v) is 4.19. The molecule has 0 atom stereocenters. The lowest BCUT2D eigenvalue weighted by atomic mass is 10.2. The molecule has 8 nitrogen and oxygen atoms in total. The predicted molar refractivity (Wildman–Crippen MR) is 125 cm³/mol. The van der Waals surface area contributed by atoms with Crippen molar-refractivity contribution in [3.8, 4) is 0 Å². The van der Waals surface area contributed by atoms with E-state index in [2.05, 4.69) is 15.6 Å². The topological polar surface area (TPSA) is 91.7 Å². The van der Waals surface area contributed by atoms with Crippen molar-refractivity contribution < 1.29 is 18.8 Å². The van der Waals surface area contributed by atoms with E-state index in [1.165, 1.54) is 15.8 Å². The minimum absolute atomic E-state index is 0.00000940. The van der Waals surface area contributed by atoms with E-state index in [4.69, 9.17) is 27.7 Å². The van der Waals surface area contributed by atoms with Crippen LogP contribution in [0.1, 0.15) is 5.56 Å². The number of halogens is 2. The Morgan fingerprint density at radius 1 is 1.19 bits per heavy atom. The van der Waals surface area contributed by atoms with Crippen LogP contribution in [0.5, 0.6) is 0 Å². The lowest BCUT2D eigenvalue weighted by molar-refractivity contribution is -0.739. The SMILES string of the molecule is C[n+]1cc(NC(=O)CSC2=N/C(=C\c3c(Cl)cccc3Cl)C(=O)N2c2ccccc2)on1. The van der Waals surface area contributed by atoms with Crippen molar-refractivity contribution >= 4 is 69.6 Å². The molecule has 162 valence electrons. The van der Waals surface area contributed by atoms with Gasteiger partial charge in [0.1, 0.15) is 5.70 Å². The molecule has 0 spiro atoms. The van der Waals surface area contributed by atoms with Crippen LogP contribution in [0.15, 0.2) is 69.9 Å². The summed E-state index contributed by atoms with van der Waals surface area (Å²) in [6.45, 7) is 0. The number of benzene rings is 2. The first-order valence-electron chi connectivity index (χ1n) is 9.31. The molecule has 2 heterocycles. The van der Waals surface area contributed by atoms with E-state index in [-0.39, 0.29) is 29.1 Å². The summed E-state index contributed by atoms with van der Waals surface area (Å²) in [5.41, 5.74) is 1.28. The van der Waals surface area contributed by atoms with Crippen molar-refractivity contribution in [2.45, 2.75) is 0 Å². The Bertz CT molecular complexity index is 1220. The second kappa shape index (κ2) is 9.56.